The van der Waals surface area contributed by atoms with Gasteiger partial charge in [0, 0.05) is 36.6 Å². The summed E-state index contributed by atoms with van der Waals surface area (Å²) in [4.78, 5) is 3.50. The highest BCUT2D eigenvalue weighted by Gasteiger charge is 2.28. The van der Waals surface area contributed by atoms with Crippen LogP contribution in [0.3, 0.4) is 0 Å². The van der Waals surface area contributed by atoms with Gasteiger partial charge in [0.25, 0.3) is 0 Å². The molecule has 0 amide bonds. The normalized spacial score (nSPS) is 17.6. The van der Waals surface area contributed by atoms with Crippen LogP contribution in [-0.4, -0.2) is 38.2 Å². The van der Waals surface area contributed by atoms with Crippen LogP contribution >= 0.6 is 11.3 Å². The first-order chi connectivity index (χ1) is 10.3. The van der Waals surface area contributed by atoms with E-state index in [0.29, 0.717) is 11.3 Å². The Kier molecular flexibility index (Phi) is 4.53. The van der Waals surface area contributed by atoms with E-state index >= 15 is 0 Å². The number of ether oxygens (including phenoxy) is 1. The van der Waals surface area contributed by atoms with Gasteiger partial charge in [0.2, 0.25) is 0 Å². The van der Waals surface area contributed by atoms with Crippen molar-refractivity contribution in [3.8, 4) is 5.75 Å². The fourth-order valence-electron chi connectivity index (χ4n) is 2.81. The summed E-state index contributed by atoms with van der Waals surface area (Å²) in [7, 11) is 1.51. The number of hydrogen-bond donors (Lipinski definition) is 1. The monoisotopic (exact) mass is 306 g/mol. The molecule has 1 aromatic heterocycles. The Morgan fingerprint density at radius 1 is 1.24 bits per heavy atom. The zero-order chi connectivity index (χ0) is 14.7. The summed E-state index contributed by atoms with van der Waals surface area (Å²) in [5.41, 5.74) is 0.693. The summed E-state index contributed by atoms with van der Waals surface area (Å²) in [6.07, 6.45) is 0. The highest BCUT2D eigenvalue weighted by Crippen LogP contribution is 2.35. The van der Waals surface area contributed by atoms with Crippen molar-refractivity contribution in [2.24, 2.45) is 0 Å². The Hall–Kier alpha value is -1.43. The molecule has 1 saturated heterocycles. The summed E-state index contributed by atoms with van der Waals surface area (Å²) in [6.45, 7) is 3.71. The number of hydrogen-bond acceptors (Lipinski definition) is 4. The number of methoxy groups -OCH3 is 1. The molecule has 1 fully saturated rings. The Balaban J connectivity index is 2.03. The third kappa shape index (κ3) is 2.95. The van der Waals surface area contributed by atoms with Crippen LogP contribution < -0.4 is 10.1 Å². The first-order valence-electron chi connectivity index (χ1n) is 7.12. The van der Waals surface area contributed by atoms with Crippen LogP contribution in [-0.2, 0) is 0 Å². The maximum atomic E-state index is 14.7. The van der Waals surface area contributed by atoms with E-state index in [0.717, 1.165) is 26.2 Å². The lowest BCUT2D eigenvalue weighted by Gasteiger charge is -2.35. The van der Waals surface area contributed by atoms with Gasteiger partial charge < -0.3 is 10.1 Å². The molecule has 112 valence electrons. The number of nitrogens with zero attached hydrogens (tertiary/aromatic N) is 1. The van der Waals surface area contributed by atoms with Crippen molar-refractivity contribution in [1.29, 1.82) is 0 Å². The molecule has 1 aliphatic rings. The van der Waals surface area contributed by atoms with Gasteiger partial charge in [-0.1, -0.05) is 18.2 Å². The molecule has 0 bridgehead atoms. The Labute approximate surface area is 128 Å². The summed E-state index contributed by atoms with van der Waals surface area (Å²) < 4.78 is 19.8. The average Bonchev–Trinajstić information content (AvgIpc) is 3.04. The van der Waals surface area contributed by atoms with Gasteiger partial charge in [-0.3, -0.25) is 4.90 Å². The fraction of sp³-hybridized carbons (Fsp3) is 0.375. The van der Waals surface area contributed by atoms with Gasteiger partial charge in [0.05, 0.1) is 13.2 Å². The summed E-state index contributed by atoms with van der Waals surface area (Å²) in [5, 5.41) is 5.39. The quantitative estimate of drug-likeness (QED) is 0.940. The number of nitrogens with one attached hydrogen (secondary N) is 1. The molecule has 3 rings (SSSR count). The van der Waals surface area contributed by atoms with Crippen LogP contribution in [0.4, 0.5) is 4.39 Å². The lowest BCUT2D eigenvalue weighted by atomic mass is 10.0. The zero-order valence-corrected chi connectivity index (χ0v) is 12.8. The predicted molar refractivity (Wildman–Crippen MR) is 83.6 cm³/mol. The summed E-state index contributed by atoms with van der Waals surface area (Å²) in [6, 6.07) is 9.46. The number of rotatable bonds is 4. The number of thiophene rings is 1. The smallest absolute Gasteiger partial charge is 0.170 e. The molecule has 0 unspecified atom stereocenters. The third-order valence-corrected chi connectivity index (χ3v) is 4.76. The largest absolute Gasteiger partial charge is 0.494 e. The number of benzene rings is 1. The van der Waals surface area contributed by atoms with Gasteiger partial charge in [-0.25, -0.2) is 4.39 Å². The van der Waals surface area contributed by atoms with E-state index in [-0.39, 0.29) is 11.9 Å². The highest BCUT2D eigenvalue weighted by atomic mass is 32.1. The summed E-state index contributed by atoms with van der Waals surface area (Å²) >= 11 is 1.67. The molecular formula is C16H19FN2OS. The Morgan fingerprint density at radius 2 is 2.05 bits per heavy atom. The van der Waals surface area contributed by atoms with E-state index < -0.39 is 0 Å². The van der Waals surface area contributed by atoms with Gasteiger partial charge in [-0.05, 0) is 17.5 Å². The maximum absolute atomic E-state index is 14.7. The lowest BCUT2D eigenvalue weighted by molar-refractivity contribution is 0.197. The zero-order valence-electron chi connectivity index (χ0n) is 12.0. The van der Waals surface area contributed by atoms with Crippen LogP contribution in [0.1, 0.15) is 16.5 Å². The maximum Gasteiger partial charge on any atom is 0.170 e. The van der Waals surface area contributed by atoms with Gasteiger partial charge in [0.15, 0.2) is 11.6 Å². The van der Waals surface area contributed by atoms with E-state index in [1.54, 1.807) is 17.4 Å². The SMILES string of the molecule is COc1cccc([C@H](c2cccs2)N2CCNCC2)c1F. The molecule has 1 aromatic carbocycles. The van der Waals surface area contributed by atoms with Gasteiger partial charge in [-0.15, -0.1) is 11.3 Å². The molecule has 0 radical (unpaired) electrons. The topological polar surface area (TPSA) is 24.5 Å². The van der Waals surface area contributed by atoms with Crippen molar-refractivity contribution >= 4 is 11.3 Å². The van der Waals surface area contributed by atoms with E-state index in [9.17, 15) is 4.39 Å². The number of piperazine rings is 1. The van der Waals surface area contributed by atoms with E-state index in [1.807, 2.05) is 23.6 Å². The second kappa shape index (κ2) is 6.56. The number of halogens is 1. The minimum absolute atomic E-state index is 0.0396. The highest BCUT2D eigenvalue weighted by molar-refractivity contribution is 7.10. The van der Waals surface area contributed by atoms with Crippen LogP contribution in [0.2, 0.25) is 0 Å². The lowest BCUT2D eigenvalue weighted by Crippen LogP contribution is -2.45. The molecule has 2 aromatic rings. The van der Waals surface area contributed by atoms with E-state index in [1.165, 1.54) is 12.0 Å². The van der Waals surface area contributed by atoms with Gasteiger partial charge in [-0.2, -0.15) is 0 Å². The van der Waals surface area contributed by atoms with Crippen LogP contribution in [0.5, 0.6) is 5.75 Å². The second-order valence-corrected chi connectivity index (χ2v) is 6.05. The minimum atomic E-state index is -0.253. The molecule has 0 spiro atoms. The molecule has 21 heavy (non-hydrogen) atoms. The molecule has 0 saturated carbocycles. The first-order valence-corrected chi connectivity index (χ1v) is 8.00. The molecular weight excluding hydrogens is 287 g/mol. The molecule has 2 heterocycles. The average molecular weight is 306 g/mol. The predicted octanol–water partition coefficient (Wildman–Crippen LogP) is 2.89. The van der Waals surface area contributed by atoms with Gasteiger partial charge in [0.1, 0.15) is 0 Å². The fourth-order valence-corrected chi connectivity index (χ4v) is 3.69. The molecule has 5 heteroatoms. The molecule has 1 atom stereocenters. The molecule has 1 aliphatic heterocycles. The molecule has 3 nitrogen and oxygen atoms in total. The van der Waals surface area contributed by atoms with Crippen molar-refractivity contribution in [3.63, 3.8) is 0 Å². The standard InChI is InChI=1S/C16H19FN2OS/c1-20-13-5-2-4-12(15(13)17)16(14-6-3-11-21-14)19-9-7-18-8-10-19/h2-6,11,16,18H,7-10H2,1H3/t16-/m1/s1. The third-order valence-electron chi connectivity index (χ3n) is 3.84. The van der Waals surface area contributed by atoms with Crippen LogP contribution in [0, 0.1) is 5.82 Å². The molecule has 1 N–H and O–H groups in total. The van der Waals surface area contributed by atoms with E-state index in [4.69, 9.17) is 4.74 Å². The Morgan fingerprint density at radius 3 is 2.71 bits per heavy atom. The Bertz CT molecular complexity index is 582. The first kappa shape index (κ1) is 14.5. The van der Waals surface area contributed by atoms with Crippen molar-refractivity contribution in [2.75, 3.05) is 33.3 Å². The van der Waals surface area contributed by atoms with Crippen LogP contribution in [0.25, 0.3) is 0 Å². The van der Waals surface area contributed by atoms with Crippen LogP contribution in [0.15, 0.2) is 35.7 Å². The second-order valence-electron chi connectivity index (χ2n) is 5.07. The van der Waals surface area contributed by atoms with Gasteiger partial charge >= 0.3 is 0 Å². The van der Waals surface area contributed by atoms with Crippen molar-refractivity contribution in [1.82, 2.24) is 10.2 Å². The van der Waals surface area contributed by atoms with Crippen molar-refractivity contribution in [2.45, 2.75) is 6.04 Å². The van der Waals surface area contributed by atoms with Crippen molar-refractivity contribution < 1.29 is 9.13 Å². The van der Waals surface area contributed by atoms with Crippen molar-refractivity contribution in [3.05, 3.63) is 52.0 Å². The molecule has 0 aliphatic carbocycles. The summed E-state index contributed by atoms with van der Waals surface area (Å²) in [5.74, 6) is 0.0566. The van der Waals surface area contributed by atoms with E-state index in [2.05, 4.69) is 16.3 Å². The minimum Gasteiger partial charge on any atom is -0.494 e.